The average Bonchev–Trinajstić information content (AvgIpc) is 2.44. The molecule has 0 nitrogen and oxygen atoms in total. The number of rotatable bonds is 2. The molecule has 0 aliphatic rings. The van der Waals surface area contributed by atoms with Crippen LogP contribution in [0.25, 0.3) is 10.8 Å². The van der Waals surface area contributed by atoms with Crippen LogP contribution in [0.4, 0.5) is 43.9 Å². The molecule has 0 aromatic heterocycles. The zero-order valence-electron chi connectivity index (χ0n) is 12.2. The van der Waals surface area contributed by atoms with Gasteiger partial charge in [0.15, 0.2) is 0 Å². The first-order chi connectivity index (χ1) is 11.1. The van der Waals surface area contributed by atoms with Crippen molar-refractivity contribution in [3.63, 3.8) is 0 Å². The molecule has 0 unspecified atom stereocenters. The van der Waals surface area contributed by atoms with Gasteiger partial charge in [-0.3, -0.25) is 0 Å². The van der Waals surface area contributed by atoms with Crippen LogP contribution in [-0.2, 0) is 11.8 Å². The van der Waals surface area contributed by atoms with Crippen LogP contribution in [0.1, 0.15) is 11.1 Å². The summed E-state index contributed by atoms with van der Waals surface area (Å²) in [7, 11) is 0. The molecule has 25 heavy (non-hydrogen) atoms. The summed E-state index contributed by atoms with van der Waals surface area (Å²) in [6.45, 7) is 0. The fourth-order valence-corrected chi connectivity index (χ4v) is 4.65. The van der Waals surface area contributed by atoms with Crippen LogP contribution in [0, 0.1) is 0 Å². The van der Waals surface area contributed by atoms with Gasteiger partial charge in [-0.2, -0.15) is 0 Å². The summed E-state index contributed by atoms with van der Waals surface area (Å²) in [6.07, 6.45) is -12.6. The molecule has 0 aliphatic carbocycles. The maximum absolute atomic E-state index is 13.8. The molecule has 0 bridgehead atoms. The monoisotopic (exact) mass is 434 g/mol. The predicted molar refractivity (Wildman–Crippen MR) is 72.0 cm³/mol. The molecule has 0 fully saturated rings. The number of hydrogen-bond donors (Lipinski definition) is 0. The van der Waals surface area contributed by atoms with Crippen LogP contribution >= 0.6 is 0 Å². The van der Waals surface area contributed by atoms with Gasteiger partial charge < -0.3 is 0 Å². The van der Waals surface area contributed by atoms with E-state index in [0.717, 1.165) is 12.1 Å². The van der Waals surface area contributed by atoms with Crippen LogP contribution < -0.4 is 4.12 Å². The van der Waals surface area contributed by atoms with E-state index in [1.54, 1.807) is 0 Å². The second kappa shape index (κ2) is 5.83. The van der Waals surface area contributed by atoms with Gasteiger partial charge in [-0.05, 0) is 0 Å². The molecular formula is C14H7F10Ga. The van der Waals surface area contributed by atoms with E-state index in [1.807, 2.05) is 0 Å². The van der Waals surface area contributed by atoms with Crippen LogP contribution in [0.3, 0.4) is 0 Å². The molecule has 0 radical (unpaired) electrons. The third-order valence-electron chi connectivity index (χ3n) is 3.67. The molecule has 2 rings (SSSR count). The van der Waals surface area contributed by atoms with Crippen molar-refractivity contribution in [2.24, 2.45) is 0 Å². The fraction of sp³-hybridized carbons (Fsp3) is 0.286. The van der Waals surface area contributed by atoms with Gasteiger partial charge in [-0.25, -0.2) is 0 Å². The van der Waals surface area contributed by atoms with E-state index < -0.39 is 58.0 Å². The van der Waals surface area contributed by atoms with E-state index in [9.17, 15) is 43.9 Å². The van der Waals surface area contributed by atoms with Crippen molar-refractivity contribution in [1.29, 1.82) is 0 Å². The molecule has 0 atom stereocenters. The van der Waals surface area contributed by atoms with Crippen LogP contribution in [0.2, 0.25) is 0 Å². The van der Waals surface area contributed by atoms with Crippen molar-refractivity contribution >= 4 is 33.5 Å². The van der Waals surface area contributed by atoms with Crippen molar-refractivity contribution in [3.8, 4) is 0 Å². The Bertz CT molecular complexity index is 804. The van der Waals surface area contributed by atoms with E-state index in [4.69, 9.17) is 0 Å². The molecule has 0 aliphatic heterocycles. The molecule has 11 heteroatoms. The Balaban J connectivity index is 3.01. The average molecular weight is 435 g/mol. The number of alkyl halides is 10. The zero-order chi connectivity index (χ0) is 19.4. The number of benzene rings is 2. The Morgan fingerprint density at radius 1 is 0.680 bits per heavy atom. The Morgan fingerprint density at radius 3 is 1.64 bits per heavy atom. The van der Waals surface area contributed by atoms with E-state index in [2.05, 4.69) is 0 Å². The summed E-state index contributed by atoms with van der Waals surface area (Å²) < 4.78 is 130. The predicted octanol–water partition coefficient (Wildman–Crippen LogP) is 4.41. The molecular weight excluding hydrogens is 428 g/mol. The fourth-order valence-electron chi connectivity index (χ4n) is 2.48. The third kappa shape index (κ3) is 3.11. The van der Waals surface area contributed by atoms with Crippen molar-refractivity contribution in [2.45, 2.75) is 24.2 Å². The van der Waals surface area contributed by atoms with E-state index in [0.29, 0.717) is 0 Å². The van der Waals surface area contributed by atoms with Crippen molar-refractivity contribution in [1.82, 2.24) is 0 Å². The van der Waals surface area contributed by atoms with Gasteiger partial charge in [-0.15, -0.1) is 0 Å². The van der Waals surface area contributed by atoms with E-state index in [1.165, 1.54) is 12.1 Å². The third-order valence-corrected chi connectivity index (χ3v) is 5.85. The Hall–Kier alpha value is -1.36. The molecule has 0 saturated heterocycles. The molecule has 0 saturated carbocycles. The Labute approximate surface area is 143 Å². The summed E-state index contributed by atoms with van der Waals surface area (Å²) in [5, 5.41) is -0.477. The number of halogens is 10. The molecule has 2 aromatic carbocycles. The SMILES string of the molecule is FC(F)(F)C(F)(F)c1cc2ccccc2[c]([GaH2])c1C(F)(F)C(F)(F)F. The summed E-state index contributed by atoms with van der Waals surface area (Å²) >= 11 is -1.05. The van der Waals surface area contributed by atoms with Crippen LogP contribution in [0.15, 0.2) is 30.3 Å². The van der Waals surface area contributed by atoms with Gasteiger partial charge in [0.25, 0.3) is 0 Å². The van der Waals surface area contributed by atoms with Gasteiger partial charge in [0.2, 0.25) is 0 Å². The summed E-state index contributed by atoms with van der Waals surface area (Å²) in [5.74, 6) is -11.7. The van der Waals surface area contributed by atoms with Gasteiger partial charge >= 0.3 is 143 Å². The van der Waals surface area contributed by atoms with Crippen molar-refractivity contribution < 1.29 is 43.9 Å². The first-order valence-corrected chi connectivity index (χ1v) is 8.64. The number of hydrogen-bond acceptors (Lipinski definition) is 0. The van der Waals surface area contributed by atoms with Gasteiger partial charge in [0.05, 0.1) is 0 Å². The number of fused-ring (bicyclic) bond motifs is 1. The second-order valence-electron chi connectivity index (χ2n) is 5.29. The molecule has 0 heterocycles. The zero-order valence-corrected chi connectivity index (χ0v) is 16.4. The van der Waals surface area contributed by atoms with Crippen molar-refractivity contribution in [2.75, 3.05) is 0 Å². The van der Waals surface area contributed by atoms with Crippen LogP contribution in [-0.4, -0.2) is 31.0 Å². The Morgan fingerprint density at radius 2 is 1.16 bits per heavy atom. The van der Waals surface area contributed by atoms with Gasteiger partial charge in [0.1, 0.15) is 0 Å². The summed E-state index contributed by atoms with van der Waals surface area (Å²) in [6, 6.07) is 4.71. The van der Waals surface area contributed by atoms with Crippen molar-refractivity contribution in [3.05, 3.63) is 41.5 Å². The first-order valence-electron chi connectivity index (χ1n) is 6.54. The quantitative estimate of drug-likeness (QED) is 0.485. The summed E-state index contributed by atoms with van der Waals surface area (Å²) in [5.41, 5.74) is -4.68. The van der Waals surface area contributed by atoms with Crippen LogP contribution in [0.5, 0.6) is 0 Å². The topological polar surface area (TPSA) is 0 Å². The van der Waals surface area contributed by atoms with Gasteiger partial charge in [-0.1, -0.05) is 0 Å². The van der Waals surface area contributed by atoms with Gasteiger partial charge in [0, 0.05) is 0 Å². The summed E-state index contributed by atoms with van der Waals surface area (Å²) in [4.78, 5) is 0. The normalized spacial score (nSPS) is 14.2. The maximum atomic E-state index is 13.8. The molecule has 2 aromatic rings. The first kappa shape index (κ1) is 20.0. The molecule has 136 valence electrons. The van der Waals surface area contributed by atoms with E-state index >= 15 is 0 Å². The Kier molecular flexibility index (Phi) is 4.65. The minimum absolute atomic E-state index is 0.0487. The molecule has 0 N–H and O–H groups in total. The second-order valence-corrected chi connectivity index (χ2v) is 7.39. The molecule has 0 amide bonds. The standard InChI is InChI=1S/C14H5F10.Ga.2H/c15-11(16,13(19,20)21)9-5-7-3-1-2-4-8(7)6-10(9)12(17,18)14(22,23)24;;;/h1-5H;;;. The van der Waals surface area contributed by atoms with E-state index in [-0.39, 0.29) is 16.8 Å². The molecule has 0 spiro atoms. The minimum atomic E-state index is -6.33.